The first-order valence-electron chi connectivity index (χ1n) is 6.55. The zero-order valence-electron chi connectivity index (χ0n) is 12.3. The van der Waals surface area contributed by atoms with Crippen LogP contribution in [0.3, 0.4) is 0 Å². The zero-order valence-corrected chi connectivity index (χ0v) is 12.3. The SMILES string of the molecule is CN=Nc1cc(-c2ccc(C(C)=O)c(C)c2)ccc1C. The van der Waals surface area contributed by atoms with Gasteiger partial charge in [0.25, 0.3) is 0 Å². The molecule has 0 aliphatic carbocycles. The van der Waals surface area contributed by atoms with Gasteiger partial charge in [-0.25, -0.2) is 0 Å². The van der Waals surface area contributed by atoms with E-state index >= 15 is 0 Å². The van der Waals surface area contributed by atoms with Crippen molar-refractivity contribution in [2.75, 3.05) is 7.05 Å². The van der Waals surface area contributed by atoms with Gasteiger partial charge in [-0.05, 0) is 49.1 Å². The number of aryl methyl sites for hydroxylation is 2. The van der Waals surface area contributed by atoms with E-state index in [1.165, 1.54) is 0 Å². The van der Waals surface area contributed by atoms with Gasteiger partial charge in [0.1, 0.15) is 0 Å². The highest BCUT2D eigenvalue weighted by atomic mass is 16.1. The van der Waals surface area contributed by atoms with Gasteiger partial charge in [-0.1, -0.05) is 30.3 Å². The smallest absolute Gasteiger partial charge is 0.160 e. The van der Waals surface area contributed by atoms with E-state index in [-0.39, 0.29) is 5.78 Å². The Kier molecular flexibility index (Phi) is 4.08. The van der Waals surface area contributed by atoms with Crippen LogP contribution in [0.1, 0.15) is 28.4 Å². The van der Waals surface area contributed by atoms with Crippen molar-refractivity contribution in [3.63, 3.8) is 0 Å². The minimum absolute atomic E-state index is 0.0958. The highest BCUT2D eigenvalue weighted by molar-refractivity contribution is 5.96. The molecule has 0 radical (unpaired) electrons. The third-order valence-electron chi connectivity index (χ3n) is 3.36. The summed E-state index contributed by atoms with van der Waals surface area (Å²) in [6.07, 6.45) is 0. The highest BCUT2D eigenvalue weighted by Gasteiger charge is 2.07. The summed E-state index contributed by atoms with van der Waals surface area (Å²) in [5.74, 6) is 0.0958. The fourth-order valence-corrected chi connectivity index (χ4v) is 2.24. The molecule has 0 aromatic heterocycles. The molecule has 0 N–H and O–H groups in total. The standard InChI is InChI=1S/C17H18N2O/c1-11-5-6-15(10-17(11)19-18-4)14-7-8-16(13(3)20)12(2)9-14/h5-10H,1-4H3. The van der Waals surface area contributed by atoms with Crippen LogP contribution in [0.2, 0.25) is 0 Å². The molecule has 0 fully saturated rings. The molecule has 3 heteroatoms. The molecular formula is C17H18N2O. The van der Waals surface area contributed by atoms with Crippen molar-refractivity contribution < 1.29 is 4.79 Å². The summed E-state index contributed by atoms with van der Waals surface area (Å²) in [5, 5.41) is 7.97. The van der Waals surface area contributed by atoms with Crippen molar-refractivity contribution in [1.29, 1.82) is 0 Å². The number of rotatable bonds is 3. The van der Waals surface area contributed by atoms with E-state index in [2.05, 4.69) is 16.3 Å². The number of carbonyl (C=O) groups is 1. The molecule has 2 rings (SSSR count). The summed E-state index contributed by atoms with van der Waals surface area (Å²) in [7, 11) is 1.66. The largest absolute Gasteiger partial charge is 0.295 e. The van der Waals surface area contributed by atoms with Crippen molar-refractivity contribution >= 4 is 11.5 Å². The Hall–Kier alpha value is -2.29. The minimum atomic E-state index is 0.0958. The Morgan fingerprint density at radius 3 is 2.20 bits per heavy atom. The zero-order chi connectivity index (χ0) is 14.7. The van der Waals surface area contributed by atoms with E-state index in [1.807, 2.05) is 44.2 Å². The molecule has 3 nitrogen and oxygen atoms in total. The third-order valence-corrected chi connectivity index (χ3v) is 3.36. The van der Waals surface area contributed by atoms with Crippen LogP contribution in [-0.4, -0.2) is 12.8 Å². The van der Waals surface area contributed by atoms with Gasteiger partial charge in [0.2, 0.25) is 0 Å². The Labute approximate surface area is 119 Å². The monoisotopic (exact) mass is 266 g/mol. The Morgan fingerprint density at radius 2 is 1.60 bits per heavy atom. The van der Waals surface area contributed by atoms with Gasteiger partial charge in [-0.2, -0.15) is 10.2 Å². The molecule has 0 saturated carbocycles. The maximum Gasteiger partial charge on any atom is 0.160 e. The highest BCUT2D eigenvalue weighted by Crippen LogP contribution is 2.28. The van der Waals surface area contributed by atoms with E-state index in [9.17, 15) is 4.79 Å². The molecule has 2 aromatic carbocycles. The molecule has 0 amide bonds. The number of azo groups is 1. The number of hydrogen-bond acceptors (Lipinski definition) is 3. The molecule has 2 aromatic rings. The van der Waals surface area contributed by atoms with Crippen LogP contribution in [0.4, 0.5) is 5.69 Å². The molecule has 0 aliphatic rings. The molecule has 0 unspecified atom stereocenters. The van der Waals surface area contributed by atoms with Crippen molar-refractivity contribution in [3.8, 4) is 11.1 Å². The second kappa shape index (κ2) is 5.78. The first-order chi connectivity index (χ1) is 9.52. The van der Waals surface area contributed by atoms with Gasteiger partial charge in [-0.3, -0.25) is 4.79 Å². The summed E-state index contributed by atoms with van der Waals surface area (Å²) < 4.78 is 0. The van der Waals surface area contributed by atoms with Crippen LogP contribution >= 0.6 is 0 Å². The first-order valence-corrected chi connectivity index (χ1v) is 6.55. The fraction of sp³-hybridized carbons (Fsp3) is 0.235. The summed E-state index contributed by atoms with van der Waals surface area (Å²) in [5.41, 5.74) is 5.90. The predicted molar refractivity (Wildman–Crippen MR) is 81.8 cm³/mol. The number of ketones is 1. The average molecular weight is 266 g/mol. The number of hydrogen-bond donors (Lipinski definition) is 0. The topological polar surface area (TPSA) is 41.8 Å². The maximum absolute atomic E-state index is 11.5. The second-order valence-electron chi connectivity index (χ2n) is 4.89. The fourth-order valence-electron chi connectivity index (χ4n) is 2.24. The molecular weight excluding hydrogens is 248 g/mol. The Balaban J connectivity index is 2.49. The molecule has 0 atom stereocenters. The van der Waals surface area contributed by atoms with E-state index in [0.29, 0.717) is 0 Å². The van der Waals surface area contributed by atoms with Crippen molar-refractivity contribution in [3.05, 3.63) is 53.1 Å². The van der Waals surface area contributed by atoms with Gasteiger partial charge in [0.05, 0.1) is 5.69 Å². The molecule has 20 heavy (non-hydrogen) atoms. The summed E-state index contributed by atoms with van der Waals surface area (Å²) in [4.78, 5) is 11.5. The van der Waals surface area contributed by atoms with Crippen LogP contribution in [0.25, 0.3) is 11.1 Å². The molecule has 0 aliphatic heterocycles. The van der Waals surface area contributed by atoms with Crippen LogP contribution in [0, 0.1) is 13.8 Å². The van der Waals surface area contributed by atoms with Crippen molar-refractivity contribution in [1.82, 2.24) is 0 Å². The summed E-state index contributed by atoms with van der Waals surface area (Å²) >= 11 is 0. The van der Waals surface area contributed by atoms with Gasteiger partial charge < -0.3 is 0 Å². The average Bonchev–Trinajstić information content (AvgIpc) is 2.41. The lowest BCUT2D eigenvalue weighted by atomic mass is 9.97. The maximum atomic E-state index is 11.5. The number of carbonyl (C=O) groups excluding carboxylic acids is 1. The van der Waals surface area contributed by atoms with E-state index < -0.39 is 0 Å². The number of benzene rings is 2. The van der Waals surface area contributed by atoms with Crippen LogP contribution in [0.5, 0.6) is 0 Å². The second-order valence-corrected chi connectivity index (χ2v) is 4.89. The molecule has 0 saturated heterocycles. The van der Waals surface area contributed by atoms with E-state index in [0.717, 1.165) is 33.5 Å². The van der Waals surface area contributed by atoms with Crippen LogP contribution < -0.4 is 0 Å². The van der Waals surface area contributed by atoms with Crippen LogP contribution in [0.15, 0.2) is 46.6 Å². The van der Waals surface area contributed by atoms with E-state index in [1.54, 1.807) is 14.0 Å². The van der Waals surface area contributed by atoms with Crippen LogP contribution in [-0.2, 0) is 0 Å². The molecule has 0 heterocycles. The normalized spacial score (nSPS) is 11.0. The molecule has 0 spiro atoms. The van der Waals surface area contributed by atoms with E-state index in [4.69, 9.17) is 0 Å². The van der Waals surface area contributed by atoms with Gasteiger partial charge in [0, 0.05) is 12.6 Å². The summed E-state index contributed by atoms with van der Waals surface area (Å²) in [6, 6.07) is 12.0. The molecule has 102 valence electrons. The third kappa shape index (κ3) is 2.82. The number of Topliss-reactive ketones (excluding diaryl/α,β-unsaturated/α-hetero) is 1. The van der Waals surface area contributed by atoms with Gasteiger partial charge in [-0.15, -0.1) is 0 Å². The molecule has 0 bridgehead atoms. The minimum Gasteiger partial charge on any atom is -0.295 e. The predicted octanol–water partition coefficient (Wildman–Crippen LogP) is 4.89. The van der Waals surface area contributed by atoms with Gasteiger partial charge >= 0.3 is 0 Å². The Morgan fingerprint density at radius 1 is 0.950 bits per heavy atom. The lowest BCUT2D eigenvalue weighted by Crippen LogP contribution is -1.95. The lowest BCUT2D eigenvalue weighted by Gasteiger charge is -2.08. The first kappa shape index (κ1) is 14.1. The Bertz CT molecular complexity index is 687. The summed E-state index contributed by atoms with van der Waals surface area (Å²) in [6.45, 7) is 5.56. The van der Waals surface area contributed by atoms with Crippen molar-refractivity contribution in [2.45, 2.75) is 20.8 Å². The van der Waals surface area contributed by atoms with Gasteiger partial charge in [0.15, 0.2) is 5.78 Å². The quantitative estimate of drug-likeness (QED) is 0.576. The number of nitrogens with zero attached hydrogens (tertiary/aromatic N) is 2. The lowest BCUT2D eigenvalue weighted by molar-refractivity contribution is 0.101. The van der Waals surface area contributed by atoms with Crippen molar-refractivity contribution in [2.24, 2.45) is 10.2 Å².